The number of aliphatic hydroxyl groups excluding tert-OH is 2. The second-order valence-corrected chi connectivity index (χ2v) is 5.67. The Hall–Kier alpha value is -2.37. The van der Waals surface area contributed by atoms with Crippen LogP contribution < -0.4 is 9.47 Å². The predicted molar refractivity (Wildman–Crippen MR) is 95.3 cm³/mol. The second-order valence-electron chi connectivity index (χ2n) is 5.67. The first-order valence-corrected chi connectivity index (χ1v) is 8.44. The lowest BCUT2D eigenvalue weighted by atomic mass is 10.0. The number of hydrogen-bond donors (Lipinski definition) is 2. The van der Waals surface area contributed by atoms with Crippen LogP contribution in [0.1, 0.15) is 35.7 Å². The molecule has 0 aliphatic rings. The first kappa shape index (κ1) is 19.0. The monoisotopic (exact) mass is 344 g/mol. The molecule has 0 saturated carbocycles. The Balaban J connectivity index is 2.23. The molecule has 0 spiro atoms. The molecule has 0 radical (unpaired) electrons. The molecule has 2 aromatic rings. The molecule has 0 saturated heterocycles. The third-order valence-corrected chi connectivity index (χ3v) is 3.66. The van der Waals surface area contributed by atoms with Crippen molar-refractivity contribution >= 4 is 5.78 Å². The summed E-state index contributed by atoms with van der Waals surface area (Å²) in [5, 5.41) is 18.3. The third kappa shape index (κ3) is 5.31. The molecule has 25 heavy (non-hydrogen) atoms. The van der Waals surface area contributed by atoms with E-state index in [0.717, 1.165) is 12.8 Å². The van der Waals surface area contributed by atoms with E-state index in [0.29, 0.717) is 29.2 Å². The lowest BCUT2D eigenvalue weighted by Gasteiger charge is -2.14. The summed E-state index contributed by atoms with van der Waals surface area (Å²) in [5.41, 5.74) is 0.858. The Kier molecular flexibility index (Phi) is 7.44. The largest absolute Gasteiger partial charge is 0.493 e. The summed E-state index contributed by atoms with van der Waals surface area (Å²) in [7, 11) is 0. The molecule has 2 rings (SSSR count). The Morgan fingerprint density at radius 3 is 2.12 bits per heavy atom. The average Bonchev–Trinajstić information content (AvgIpc) is 2.66. The van der Waals surface area contributed by atoms with Crippen LogP contribution in [0.15, 0.2) is 48.5 Å². The van der Waals surface area contributed by atoms with Gasteiger partial charge in [-0.15, -0.1) is 0 Å². The maximum atomic E-state index is 13.0. The maximum Gasteiger partial charge on any atom is 0.200 e. The lowest BCUT2D eigenvalue weighted by Crippen LogP contribution is -2.22. The quantitative estimate of drug-likeness (QED) is 0.512. The van der Waals surface area contributed by atoms with Gasteiger partial charge in [0.2, 0.25) is 0 Å². The molecular weight excluding hydrogens is 320 g/mol. The van der Waals surface area contributed by atoms with Gasteiger partial charge in [0.05, 0.1) is 24.3 Å². The van der Waals surface area contributed by atoms with E-state index in [1.165, 1.54) is 0 Å². The van der Waals surface area contributed by atoms with Gasteiger partial charge in [-0.05, 0) is 30.7 Å². The second kappa shape index (κ2) is 9.81. The van der Waals surface area contributed by atoms with E-state index < -0.39 is 12.7 Å². The molecule has 0 amide bonds. The number of hydrogen-bond acceptors (Lipinski definition) is 5. The molecule has 2 aromatic carbocycles. The van der Waals surface area contributed by atoms with Gasteiger partial charge in [-0.3, -0.25) is 4.79 Å². The fourth-order valence-corrected chi connectivity index (χ4v) is 2.27. The van der Waals surface area contributed by atoms with Crippen molar-refractivity contribution in [2.75, 3.05) is 19.8 Å². The molecule has 1 atom stereocenters. The van der Waals surface area contributed by atoms with Crippen LogP contribution in [0.5, 0.6) is 11.5 Å². The molecular formula is C20H24O5. The van der Waals surface area contributed by atoms with Crippen LogP contribution in [0, 0.1) is 0 Å². The zero-order valence-electron chi connectivity index (χ0n) is 14.4. The van der Waals surface area contributed by atoms with E-state index in [9.17, 15) is 9.90 Å². The fourth-order valence-electron chi connectivity index (χ4n) is 2.27. The first-order chi connectivity index (χ1) is 12.2. The maximum absolute atomic E-state index is 13.0. The SMILES string of the molecule is CCCCOc1ccccc1C(=O)c1ccccc1OCC(O)CO. The molecule has 0 heterocycles. The van der Waals surface area contributed by atoms with Gasteiger partial charge >= 0.3 is 0 Å². The van der Waals surface area contributed by atoms with Crippen LogP contribution in [0.4, 0.5) is 0 Å². The summed E-state index contributed by atoms with van der Waals surface area (Å²) in [6, 6.07) is 14.0. The number of rotatable bonds is 10. The number of aliphatic hydroxyl groups is 2. The molecule has 1 unspecified atom stereocenters. The normalized spacial score (nSPS) is 11.8. The summed E-state index contributed by atoms with van der Waals surface area (Å²) in [4.78, 5) is 13.0. The molecule has 0 bridgehead atoms. The van der Waals surface area contributed by atoms with Gasteiger partial charge in [0.1, 0.15) is 24.2 Å². The number of para-hydroxylation sites is 2. The standard InChI is InChI=1S/C20H24O5/c1-2-3-12-24-18-10-6-4-8-16(18)20(23)17-9-5-7-11-19(17)25-14-15(22)13-21/h4-11,15,21-22H,2-3,12-14H2,1H3. The first-order valence-electron chi connectivity index (χ1n) is 8.44. The fraction of sp³-hybridized carbons (Fsp3) is 0.350. The van der Waals surface area contributed by atoms with E-state index in [1.54, 1.807) is 42.5 Å². The highest BCUT2D eigenvalue weighted by atomic mass is 16.5. The minimum absolute atomic E-state index is 0.0879. The Morgan fingerprint density at radius 1 is 1.00 bits per heavy atom. The number of carbonyl (C=O) groups excluding carboxylic acids is 1. The van der Waals surface area contributed by atoms with E-state index in [1.807, 2.05) is 6.07 Å². The third-order valence-electron chi connectivity index (χ3n) is 3.66. The van der Waals surface area contributed by atoms with E-state index >= 15 is 0 Å². The molecule has 0 aliphatic carbocycles. The summed E-state index contributed by atoms with van der Waals surface area (Å²) in [6.07, 6.45) is 0.939. The summed E-state index contributed by atoms with van der Waals surface area (Å²) in [6.45, 7) is 2.15. The molecule has 2 N–H and O–H groups in total. The van der Waals surface area contributed by atoms with Gasteiger partial charge in [0.25, 0.3) is 0 Å². The van der Waals surface area contributed by atoms with Crippen molar-refractivity contribution in [1.82, 2.24) is 0 Å². The summed E-state index contributed by atoms with van der Waals surface area (Å²) < 4.78 is 11.2. The molecule has 0 fully saturated rings. The van der Waals surface area contributed by atoms with E-state index in [4.69, 9.17) is 14.6 Å². The van der Waals surface area contributed by atoms with Crippen molar-refractivity contribution in [3.05, 3.63) is 59.7 Å². The van der Waals surface area contributed by atoms with Crippen molar-refractivity contribution in [2.45, 2.75) is 25.9 Å². The van der Waals surface area contributed by atoms with Crippen LogP contribution in [-0.2, 0) is 0 Å². The van der Waals surface area contributed by atoms with Crippen molar-refractivity contribution in [3.63, 3.8) is 0 Å². The minimum atomic E-state index is -0.993. The summed E-state index contributed by atoms with van der Waals surface area (Å²) in [5.74, 6) is 0.704. The Bertz CT molecular complexity index is 683. The van der Waals surface area contributed by atoms with Crippen molar-refractivity contribution < 1.29 is 24.5 Å². The predicted octanol–water partition coefficient (Wildman–Crippen LogP) is 2.83. The van der Waals surface area contributed by atoms with Gasteiger partial charge in [0, 0.05) is 0 Å². The zero-order valence-corrected chi connectivity index (χ0v) is 14.4. The van der Waals surface area contributed by atoms with Crippen molar-refractivity contribution in [3.8, 4) is 11.5 Å². The topological polar surface area (TPSA) is 76.0 Å². The molecule has 5 heteroatoms. The van der Waals surface area contributed by atoms with Crippen molar-refractivity contribution in [2.24, 2.45) is 0 Å². The van der Waals surface area contributed by atoms with E-state index in [2.05, 4.69) is 6.92 Å². The summed E-state index contributed by atoms with van der Waals surface area (Å²) >= 11 is 0. The van der Waals surface area contributed by atoms with Gasteiger partial charge < -0.3 is 19.7 Å². The van der Waals surface area contributed by atoms with E-state index in [-0.39, 0.29) is 12.4 Å². The minimum Gasteiger partial charge on any atom is -0.493 e. The molecule has 5 nitrogen and oxygen atoms in total. The van der Waals surface area contributed by atoms with Gasteiger partial charge in [-0.25, -0.2) is 0 Å². The van der Waals surface area contributed by atoms with Gasteiger partial charge in [0.15, 0.2) is 5.78 Å². The Labute approximate surface area is 147 Å². The molecule has 0 aliphatic heterocycles. The smallest absolute Gasteiger partial charge is 0.200 e. The number of carbonyl (C=O) groups is 1. The highest BCUT2D eigenvalue weighted by Gasteiger charge is 2.18. The number of benzene rings is 2. The van der Waals surface area contributed by atoms with Crippen LogP contribution in [0.3, 0.4) is 0 Å². The molecule has 134 valence electrons. The van der Waals surface area contributed by atoms with Crippen molar-refractivity contribution in [1.29, 1.82) is 0 Å². The van der Waals surface area contributed by atoms with Crippen LogP contribution >= 0.6 is 0 Å². The Morgan fingerprint density at radius 2 is 1.56 bits per heavy atom. The number of ether oxygens (including phenoxy) is 2. The van der Waals surface area contributed by atoms with Gasteiger partial charge in [-0.1, -0.05) is 37.6 Å². The zero-order chi connectivity index (χ0) is 18.1. The lowest BCUT2D eigenvalue weighted by molar-refractivity contribution is 0.0532. The van der Waals surface area contributed by atoms with Crippen LogP contribution in [0.25, 0.3) is 0 Å². The number of unbranched alkanes of at least 4 members (excludes halogenated alkanes) is 1. The average molecular weight is 344 g/mol. The van der Waals surface area contributed by atoms with Crippen LogP contribution in [0.2, 0.25) is 0 Å². The number of ketones is 1. The van der Waals surface area contributed by atoms with Crippen LogP contribution in [-0.4, -0.2) is 41.9 Å². The highest BCUT2D eigenvalue weighted by molar-refractivity contribution is 6.12. The van der Waals surface area contributed by atoms with Gasteiger partial charge in [-0.2, -0.15) is 0 Å². The highest BCUT2D eigenvalue weighted by Crippen LogP contribution is 2.27. The molecule has 0 aromatic heterocycles.